The fourth-order valence-electron chi connectivity index (χ4n) is 5.31. The fourth-order valence-corrected chi connectivity index (χ4v) is 5.31. The first-order chi connectivity index (χ1) is 20.3. The van der Waals surface area contributed by atoms with Gasteiger partial charge in [-0.2, -0.15) is 0 Å². The molecule has 1 heterocycles. The molecule has 0 bridgehead atoms. The van der Waals surface area contributed by atoms with Crippen molar-refractivity contribution in [3.63, 3.8) is 0 Å². The monoisotopic (exact) mass is 609 g/mol. The Morgan fingerprint density at radius 1 is 0.907 bits per heavy atom. The Hall–Kier alpha value is -4.44. The van der Waals surface area contributed by atoms with Gasteiger partial charge in [0.15, 0.2) is 5.96 Å². The van der Waals surface area contributed by atoms with E-state index in [0.717, 1.165) is 24.2 Å². The Morgan fingerprint density at radius 2 is 1.56 bits per heavy atom. The second-order valence-corrected chi connectivity index (χ2v) is 10.8. The Labute approximate surface area is 249 Å². The van der Waals surface area contributed by atoms with E-state index in [1.165, 1.54) is 7.05 Å². The van der Waals surface area contributed by atoms with Gasteiger partial charge in [-0.3, -0.25) is 38.6 Å². The van der Waals surface area contributed by atoms with Crippen LogP contribution in [0, 0.1) is 5.92 Å². The molecular weight excluding hydrogens is 566 g/mol. The van der Waals surface area contributed by atoms with Crippen molar-refractivity contribution < 1.29 is 38.7 Å². The average molecular weight is 610 g/mol. The van der Waals surface area contributed by atoms with Crippen molar-refractivity contribution in [3.05, 3.63) is 0 Å². The second-order valence-electron chi connectivity index (χ2n) is 10.8. The summed E-state index contributed by atoms with van der Waals surface area (Å²) in [6, 6.07) is -5.04. The Bertz CT molecular complexity index is 1090. The minimum absolute atomic E-state index is 0.0833. The minimum atomic E-state index is -1.55. The standard InChI is InChI=1S/C26H43N9O8/c1-35-21(14-6-3-2-4-7-14)24(42)34-15(22(27)40)9-10-18(36)32-16(8-5-11-30-26(28)29)23(41)31-13-19(37)33-17(25(35)43)12-20(38)39/h14-17,21H,2-13H2,1H3,(H2,27,40)(H,31,41)(H,32,36)(H,33,37)(H,34,42)(H,38,39)(H4,28,29,30)/t15-,16-,17-,21-/m0/s1. The first-order valence-corrected chi connectivity index (χ1v) is 14.3. The summed E-state index contributed by atoms with van der Waals surface area (Å²) in [7, 11) is 1.33. The first-order valence-electron chi connectivity index (χ1n) is 14.3. The molecule has 17 heteroatoms. The topological polar surface area (TPSA) is 282 Å². The second kappa shape index (κ2) is 16.9. The molecule has 11 N–H and O–H groups in total. The number of aliphatic carboxylic acids is 1. The predicted octanol–water partition coefficient (Wildman–Crippen LogP) is -3.23. The summed E-state index contributed by atoms with van der Waals surface area (Å²) in [4.78, 5) is 94.3. The molecular formula is C26H43N9O8. The van der Waals surface area contributed by atoms with Gasteiger partial charge in [-0.15, -0.1) is 0 Å². The SMILES string of the molecule is CN1C(=O)[C@H](CC(=O)O)NC(=O)CNC(=O)[C@H](CCCN=C(N)N)NC(=O)CC[C@@H](C(N)=O)NC(=O)[C@@H]1C1CCCCC1. The molecule has 1 saturated heterocycles. The van der Waals surface area contributed by atoms with Gasteiger partial charge < -0.3 is 48.5 Å². The van der Waals surface area contributed by atoms with Crippen LogP contribution >= 0.6 is 0 Å². The molecule has 2 fully saturated rings. The zero-order chi connectivity index (χ0) is 32.1. The van der Waals surface area contributed by atoms with Crippen molar-refractivity contribution >= 4 is 47.4 Å². The van der Waals surface area contributed by atoms with E-state index in [-0.39, 0.29) is 44.1 Å². The molecule has 0 unspecified atom stereocenters. The van der Waals surface area contributed by atoms with E-state index in [4.69, 9.17) is 17.2 Å². The summed E-state index contributed by atoms with van der Waals surface area (Å²) in [5.74, 6) is -6.46. The minimum Gasteiger partial charge on any atom is -0.481 e. The Kier molecular flexibility index (Phi) is 13.6. The van der Waals surface area contributed by atoms with Gasteiger partial charge in [0.1, 0.15) is 24.2 Å². The van der Waals surface area contributed by atoms with Crippen molar-refractivity contribution in [2.24, 2.45) is 28.1 Å². The maximum Gasteiger partial charge on any atom is 0.305 e. The molecule has 1 saturated carbocycles. The van der Waals surface area contributed by atoms with Gasteiger partial charge in [-0.25, -0.2) is 0 Å². The van der Waals surface area contributed by atoms with E-state index in [9.17, 15) is 38.7 Å². The number of carboxylic acids is 1. The van der Waals surface area contributed by atoms with Crippen molar-refractivity contribution in [2.45, 2.75) is 88.4 Å². The van der Waals surface area contributed by atoms with Crippen LogP contribution < -0.4 is 38.5 Å². The molecule has 2 rings (SSSR count). The van der Waals surface area contributed by atoms with Gasteiger partial charge in [0.25, 0.3) is 0 Å². The van der Waals surface area contributed by atoms with Crippen LogP contribution in [-0.2, 0) is 33.6 Å². The third kappa shape index (κ3) is 11.4. The highest BCUT2D eigenvalue weighted by Crippen LogP contribution is 2.29. The summed E-state index contributed by atoms with van der Waals surface area (Å²) < 4.78 is 0. The molecule has 6 amide bonds. The summed E-state index contributed by atoms with van der Waals surface area (Å²) in [6.45, 7) is -0.463. The van der Waals surface area contributed by atoms with Crippen LogP contribution in [0.25, 0.3) is 0 Å². The van der Waals surface area contributed by atoms with Crippen LogP contribution in [0.5, 0.6) is 0 Å². The van der Waals surface area contributed by atoms with Gasteiger partial charge in [0.2, 0.25) is 35.4 Å². The normalized spacial score (nSPS) is 25.4. The zero-order valence-corrected chi connectivity index (χ0v) is 24.3. The molecule has 1 aliphatic heterocycles. The van der Waals surface area contributed by atoms with E-state index in [1.807, 2.05) is 0 Å². The molecule has 0 aromatic heterocycles. The number of rotatable bonds is 8. The van der Waals surface area contributed by atoms with Gasteiger partial charge in [0, 0.05) is 20.0 Å². The lowest BCUT2D eigenvalue weighted by Gasteiger charge is -2.37. The largest absolute Gasteiger partial charge is 0.481 e. The smallest absolute Gasteiger partial charge is 0.305 e. The van der Waals surface area contributed by atoms with E-state index in [2.05, 4.69) is 26.3 Å². The summed E-state index contributed by atoms with van der Waals surface area (Å²) >= 11 is 0. The molecule has 2 aliphatic rings. The number of nitrogens with zero attached hydrogens (tertiary/aromatic N) is 2. The number of primary amides is 1. The molecule has 0 radical (unpaired) electrons. The van der Waals surface area contributed by atoms with Gasteiger partial charge in [0.05, 0.1) is 13.0 Å². The average Bonchev–Trinajstić information content (AvgIpc) is 2.94. The van der Waals surface area contributed by atoms with Gasteiger partial charge in [-0.1, -0.05) is 19.3 Å². The molecule has 0 aromatic rings. The number of amides is 6. The van der Waals surface area contributed by atoms with E-state index < -0.39 is 78.5 Å². The number of likely N-dealkylation sites (N-methyl/N-ethyl adjacent to an activating group) is 1. The predicted molar refractivity (Wildman–Crippen MR) is 153 cm³/mol. The van der Waals surface area contributed by atoms with Crippen LogP contribution in [0.1, 0.15) is 64.2 Å². The maximum atomic E-state index is 13.6. The van der Waals surface area contributed by atoms with Crippen LogP contribution in [0.15, 0.2) is 4.99 Å². The third-order valence-corrected chi connectivity index (χ3v) is 7.48. The molecule has 1 aliphatic carbocycles. The van der Waals surface area contributed by atoms with Crippen molar-refractivity contribution in [1.29, 1.82) is 0 Å². The van der Waals surface area contributed by atoms with Gasteiger partial charge in [-0.05, 0) is 38.0 Å². The summed E-state index contributed by atoms with van der Waals surface area (Å²) in [6.07, 6.45) is 2.87. The zero-order valence-electron chi connectivity index (χ0n) is 24.3. The van der Waals surface area contributed by atoms with Crippen LogP contribution in [0.2, 0.25) is 0 Å². The van der Waals surface area contributed by atoms with Crippen molar-refractivity contribution in [2.75, 3.05) is 20.1 Å². The molecule has 4 atom stereocenters. The third-order valence-electron chi connectivity index (χ3n) is 7.48. The Balaban J connectivity index is 2.41. The molecule has 43 heavy (non-hydrogen) atoms. The number of hydrogen-bond acceptors (Lipinski definition) is 8. The van der Waals surface area contributed by atoms with E-state index >= 15 is 0 Å². The van der Waals surface area contributed by atoms with Crippen LogP contribution in [-0.4, -0.2) is 102 Å². The fraction of sp³-hybridized carbons (Fsp3) is 0.692. The number of carboxylic acid groups (broad SMARTS) is 1. The number of nitrogens with one attached hydrogen (secondary N) is 4. The number of guanidine groups is 1. The van der Waals surface area contributed by atoms with E-state index in [1.54, 1.807) is 0 Å². The van der Waals surface area contributed by atoms with Crippen molar-refractivity contribution in [1.82, 2.24) is 26.2 Å². The number of carbonyl (C=O) groups is 7. The maximum absolute atomic E-state index is 13.6. The van der Waals surface area contributed by atoms with E-state index in [0.29, 0.717) is 12.8 Å². The molecule has 240 valence electrons. The molecule has 0 spiro atoms. The van der Waals surface area contributed by atoms with Gasteiger partial charge >= 0.3 is 5.97 Å². The number of hydrogen-bond donors (Lipinski definition) is 8. The lowest BCUT2D eigenvalue weighted by molar-refractivity contribution is -0.147. The highest BCUT2D eigenvalue weighted by Gasteiger charge is 2.39. The highest BCUT2D eigenvalue weighted by atomic mass is 16.4. The summed E-state index contributed by atoms with van der Waals surface area (Å²) in [5, 5.41) is 19.3. The quantitative estimate of drug-likeness (QED) is 0.0773. The number of carbonyl (C=O) groups excluding carboxylic acids is 6. The first kappa shape index (κ1) is 34.8. The number of aliphatic imine (C=N–C) groups is 1. The Morgan fingerprint density at radius 3 is 2.16 bits per heavy atom. The lowest BCUT2D eigenvalue weighted by atomic mass is 9.82. The highest BCUT2D eigenvalue weighted by molar-refractivity contribution is 5.97. The number of nitrogens with two attached hydrogens (primary N) is 3. The van der Waals surface area contributed by atoms with Crippen molar-refractivity contribution in [3.8, 4) is 0 Å². The van der Waals surface area contributed by atoms with Crippen LogP contribution in [0.4, 0.5) is 0 Å². The van der Waals surface area contributed by atoms with Crippen LogP contribution in [0.3, 0.4) is 0 Å². The summed E-state index contributed by atoms with van der Waals surface area (Å²) in [5.41, 5.74) is 16.2. The lowest BCUT2D eigenvalue weighted by Crippen LogP contribution is -2.59. The molecule has 17 nitrogen and oxygen atoms in total. The molecule has 0 aromatic carbocycles.